The van der Waals surface area contributed by atoms with Crippen LogP contribution in [0.5, 0.6) is 0 Å². The molecule has 1 N–H and O–H groups in total. The summed E-state index contributed by atoms with van der Waals surface area (Å²) in [5.74, 6) is 0.0447. The average molecular weight is 233 g/mol. The molecule has 1 rings (SSSR count). The maximum absolute atomic E-state index is 11.5. The topological polar surface area (TPSA) is 66.8 Å². The van der Waals surface area contributed by atoms with Gasteiger partial charge in [-0.3, -0.25) is 4.79 Å². The van der Waals surface area contributed by atoms with Crippen LogP contribution in [0, 0.1) is 0 Å². The Balaban J connectivity index is 2.26. The van der Waals surface area contributed by atoms with Crippen LogP contribution in [0.1, 0.15) is 13.3 Å². The van der Waals surface area contributed by atoms with Gasteiger partial charge in [0, 0.05) is 11.9 Å². The van der Waals surface area contributed by atoms with E-state index in [0.29, 0.717) is 19.6 Å². The fourth-order valence-corrected chi connectivity index (χ4v) is 2.03. The number of carbonyl (C=O) groups excluding carboxylic acids is 2. The van der Waals surface area contributed by atoms with E-state index >= 15 is 0 Å². The molecule has 2 amide bonds. The van der Waals surface area contributed by atoms with Gasteiger partial charge in [-0.25, -0.2) is 9.69 Å². The molecule has 0 radical (unpaired) electrons. The van der Waals surface area contributed by atoms with Gasteiger partial charge in [-0.1, -0.05) is 6.92 Å². The van der Waals surface area contributed by atoms with Crippen LogP contribution in [0.2, 0.25) is 0 Å². The lowest BCUT2D eigenvalue weighted by atomic mass is 10.3. The van der Waals surface area contributed by atoms with Gasteiger partial charge in [0.25, 0.3) is 0 Å². The van der Waals surface area contributed by atoms with E-state index in [1.54, 1.807) is 0 Å². The van der Waals surface area contributed by atoms with E-state index in [-0.39, 0.29) is 23.5 Å². The number of rotatable bonds is 5. The fourth-order valence-electron chi connectivity index (χ4n) is 1.18. The van der Waals surface area contributed by atoms with Crippen LogP contribution < -0.4 is 0 Å². The van der Waals surface area contributed by atoms with Crippen molar-refractivity contribution >= 4 is 23.8 Å². The lowest BCUT2D eigenvalue weighted by Gasteiger charge is -2.12. The second-order valence-electron chi connectivity index (χ2n) is 3.29. The molecule has 1 aliphatic heterocycles. The number of hydrogen-bond acceptors (Lipinski definition) is 5. The number of carbonyl (C=O) groups is 2. The smallest absolute Gasteiger partial charge is 0.416 e. The second-order valence-corrected chi connectivity index (χ2v) is 4.72. The van der Waals surface area contributed by atoms with Crippen molar-refractivity contribution < 1.29 is 19.4 Å². The molecule has 5 nitrogen and oxygen atoms in total. The van der Waals surface area contributed by atoms with Gasteiger partial charge in [0.1, 0.15) is 6.61 Å². The van der Waals surface area contributed by atoms with Gasteiger partial charge in [0.2, 0.25) is 5.91 Å². The number of hydrogen-bond donors (Lipinski definition) is 1. The fraction of sp³-hybridized carbons (Fsp3) is 0.778. The van der Waals surface area contributed by atoms with Crippen molar-refractivity contribution in [3.8, 4) is 0 Å². The van der Waals surface area contributed by atoms with Crippen LogP contribution in [-0.2, 0) is 9.53 Å². The molecule has 0 aliphatic carbocycles. The summed E-state index contributed by atoms with van der Waals surface area (Å²) in [7, 11) is 0. The minimum absolute atomic E-state index is 0.119. The normalized spacial score (nSPS) is 17.7. The molecule has 6 heteroatoms. The van der Waals surface area contributed by atoms with Crippen molar-refractivity contribution in [2.75, 3.05) is 25.5 Å². The molecule has 1 fully saturated rings. The molecular weight excluding hydrogens is 218 g/mol. The number of thioether (sulfide) groups is 1. The summed E-state index contributed by atoms with van der Waals surface area (Å²) in [6.45, 7) is 2.71. The van der Waals surface area contributed by atoms with Gasteiger partial charge in [0.15, 0.2) is 0 Å². The largest absolute Gasteiger partial charge is 0.447 e. The van der Waals surface area contributed by atoms with Crippen LogP contribution in [0.3, 0.4) is 0 Å². The summed E-state index contributed by atoms with van der Waals surface area (Å²) < 4.78 is 4.66. The highest BCUT2D eigenvalue weighted by Gasteiger charge is 2.28. The van der Waals surface area contributed by atoms with Gasteiger partial charge in [-0.05, 0) is 6.42 Å². The molecule has 15 heavy (non-hydrogen) atoms. The molecule has 1 unspecified atom stereocenters. The number of aliphatic hydroxyl groups is 1. The molecule has 86 valence electrons. The Hall–Kier alpha value is -0.750. The highest BCUT2D eigenvalue weighted by Crippen LogP contribution is 2.15. The number of imide groups is 1. The zero-order valence-corrected chi connectivity index (χ0v) is 9.46. The first kappa shape index (κ1) is 12.3. The SMILES string of the molecule is CC(CCO)SCC(=O)N1CCOC1=O. The van der Waals surface area contributed by atoms with E-state index in [1.807, 2.05) is 6.92 Å². The third kappa shape index (κ3) is 3.71. The summed E-state index contributed by atoms with van der Waals surface area (Å²) in [6.07, 6.45) is 0.109. The van der Waals surface area contributed by atoms with Gasteiger partial charge in [-0.2, -0.15) is 0 Å². The van der Waals surface area contributed by atoms with Crippen molar-refractivity contribution in [3.05, 3.63) is 0 Å². The molecule has 1 aliphatic rings. The average Bonchev–Trinajstić information content (AvgIpc) is 2.61. The molecule has 0 aromatic heterocycles. The Morgan fingerprint density at radius 2 is 2.47 bits per heavy atom. The third-order valence-electron chi connectivity index (χ3n) is 2.09. The highest BCUT2D eigenvalue weighted by atomic mass is 32.2. The number of nitrogens with zero attached hydrogens (tertiary/aromatic N) is 1. The van der Waals surface area contributed by atoms with E-state index in [4.69, 9.17) is 5.11 Å². The minimum atomic E-state index is -0.546. The molecule has 0 bridgehead atoms. The van der Waals surface area contributed by atoms with E-state index in [9.17, 15) is 9.59 Å². The van der Waals surface area contributed by atoms with Gasteiger partial charge < -0.3 is 9.84 Å². The van der Waals surface area contributed by atoms with Crippen molar-refractivity contribution in [2.24, 2.45) is 0 Å². The zero-order valence-electron chi connectivity index (χ0n) is 8.64. The third-order valence-corrected chi connectivity index (χ3v) is 3.31. The van der Waals surface area contributed by atoms with Gasteiger partial charge in [0.05, 0.1) is 12.3 Å². The van der Waals surface area contributed by atoms with Crippen LogP contribution in [0.4, 0.5) is 4.79 Å². The molecule has 0 spiro atoms. The van der Waals surface area contributed by atoms with E-state index in [2.05, 4.69) is 4.74 Å². The summed E-state index contributed by atoms with van der Waals surface area (Å²) in [6, 6.07) is 0. The summed E-state index contributed by atoms with van der Waals surface area (Å²) in [5, 5.41) is 8.89. The summed E-state index contributed by atoms with van der Waals surface area (Å²) in [4.78, 5) is 23.6. The summed E-state index contributed by atoms with van der Waals surface area (Å²) in [5.41, 5.74) is 0. The lowest BCUT2D eigenvalue weighted by Crippen LogP contribution is -2.33. The molecule has 0 aromatic carbocycles. The number of amides is 2. The predicted molar refractivity (Wildman–Crippen MR) is 56.7 cm³/mol. The lowest BCUT2D eigenvalue weighted by molar-refractivity contribution is -0.125. The monoisotopic (exact) mass is 233 g/mol. The second kappa shape index (κ2) is 5.97. The Kier molecular flexibility index (Phi) is 4.90. The number of aliphatic hydroxyl groups excluding tert-OH is 1. The van der Waals surface area contributed by atoms with Crippen LogP contribution >= 0.6 is 11.8 Å². The summed E-state index contributed by atoms with van der Waals surface area (Å²) >= 11 is 1.44. The highest BCUT2D eigenvalue weighted by molar-refractivity contribution is 8.00. The van der Waals surface area contributed by atoms with E-state index < -0.39 is 6.09 Å². The number of ether oxygens (including phenoxy) is 1. The molecule has 1 atom stereocenters. The molecular formula is C9H15NO4S. The Labute approximate surface area is 92.8 Å². The molecule has 0 saturated carbocycles. The standard InChI is InChI=1S/C9H15NO4S/c1-7(2-4-11)15-6-8(12)10-3-5-14-9(10)13/h7,11H,2-6H2,1H3. The molecule has 0 aromatic rings. The number of cyclic esters (lactones) is 1. The van der Waals surface area contributed by atoms with Gasteiger partial charge in [-0.15, -0.1) is 11.8 Å². The predicted octanol–water partition coefficient (Wildman–Crippen LogP) is 0.469. The van der Waals surface area contributed by atoms with E-state index in [1.165, 1.54) is 11.8 Å². The van der Waals surface area contributed by atoms with Crippen molar-refractivity contribution in [2.45, 2.75) is 18.6 Å². The Morgan fingerprint density at radius 1 is 1.73 bits per heavy atom. The Bertz CT molecular complexity index is 246. The zero-order chi connectivity index (χ0) is 11.3. The first-order valence-electron chi connectivity index (χ1n) is 4.84. The molecule has 1 heterocycles. The van der Waals surface area contributed by atoms with Crippen molar-refractivity contribution in [1.82, 2.24) is 4.90 Å². The van der Waals surface area contributed by atoms with Crippen LogP contribution in [0.15, 0.2) is 0 Å². The van der Waals surface area contributed by atoms with E-state index in [0.717, 1.165) is 4.90 Å². The molecule has 1 saturated heterocycles. The minimum Gasteiger partial charge on any atom is -0.447 e. The quantitative estimate of drug-likeness (QED) is 0.747. The van der Waals surface area contributed by atoms with Crippen LogP contribution in [0.25, 0.3) is 0 Å². The van der Waals surface area contributed by atoms with Gasteiger partial charge >= 0.3 is 6.09 Å². The first-order valence-corrected chi connectivity index (χ1v) is 5.89. The maximum atomic E-state index is 11.5. The van der Waals surface area contributed by atoms with Crippen molar-refractivity contribution in [1.29, 1.82) is 0 Å². The first-order chi connectivity index (χ1) is 7.15. The van der Waals surface area contributed by atoms with Crippen molar-refractivity contribution in [3.63, 3.8) is 0 Å². The van der Waals surface area contributed by atoms with Crippen LogP contribution in [-0.4, -0.2) is 52.8 Å². The maximum Gasteiger partial charge on any atom is 0.416 e. The Morgan fingerprint density at radius 3 is 3.00 bits per heavy atom.